The fraction of sp³-hybridized carbons (Fsp3) is 1.00. The van der Waals surface area contributed by atoms with Gasteiger partial charge in [0.2, 0.25) is 0 Å². The van der Waals surface area contributed by atoms with Crippen LogP contribution in [-0.2, 0) is 0 Å². The summed E-state index contributed by atoms with van der Waals surface area (Å²) < 4.78 is 0. The number of likely N-dealkylation sites (N-methyl/N-ethyl adjacent to an activating group) is 1. The third-order valence-electron chi connectivity index (χ3n) is 5.51. The van der Waals surface area contributed by atoms with Gasteiger partial charge in [-0.25, -0.2) is 0 Å². The Bertz CT molecular complexity index is 263. The quantitative estimate of drug-likeness (QED) is 0.711. The summed E-state index contributed by atoms with van der Waals surface area (Å²) in [6.07, 6.45) is 2.77. The molecule has 2 rings (SSSR count). The van der Waals surface area contributed by atoms with Crippen LogP contribution in [0.1, 0.15) is 47.5 Å². The largest absolute Gasteiger partial charge is 0.299 e. The molecule has 0 amide bonds. The number of fused-ring (bicyclic) bond motifs is 1. The van der Waals surface area contributed by atoms with E-state index in [1.54, 1.807) is 0 Å². The molecule has 0 N–H and O–H groups in total. The van der Waals surface area contributed by atoms with Gasteiger partial charge in [0.25, 0.3) is 0 Å². The summed E-state index contributed by atoms with van der Waals surface area (Å²) >= 11 is 0. The standard InChI is InChI=1S/C14H28N2/c1-6-16-10-8-13(4)7-9-15(12(2)3)11-14(13,16)5/h12H,6-11H2,1-5H3/t13-,14-/m1/s1. The van der Waals surface area contributed by atoms with Crippen molar-refractivity contribution in [2.45, 2.75) is 59.0 Å². The molecule has 2 atom stereocenters. The van der Waals surface area contributed by atoms with Crippen molar-refractivity contribution >= 4 is 0 Å². The normalized spacial score (nSPS) is 41.6. The van der Waals surface area contributed by atoms with E-state index in [1.807, 2.05) is 0 Å². The zero-order chi connectivity index (χ0) is 12.0. The van der Waals surface area contributed by atoms with E-state index in [9.17, 15) is 0 Å². The van der Waals surface area contributed by atoms with Crippen LogP contribution in [0.2, 0.25) is 0 Å². The van der Waals surface area contributed by atoms with Crippen molar-refractivity contribution in [1.82, 2.24) is 9.80 Å². The Hall–Kier alpha value is -0.0800. The molecule has 0 saturated carbocycles. The van der Waals surface area contributed by atoms with Crippen molar-refractivity contribution in [3.05, 3.63) is 0 Å². The molecule has 0 aliphatic carbocycles. The maximum absolute atomic E-state index is 2.71. The SMILES string of the molecule is CCN1CC[C@@]2(C)CCN(C(C)C)C[C@@]12C. The lowest BCUT2D eigenvalue weighted by Gasteiger charge is -2.53. The van der Waals surface area contributed by atoms with Crippen LogP contribution in [0.25, 0.3) is 0 Å². The highest BCUT2D eigenvalue weighted by atomic mass is 15.3. The molecule has 0 unspecified atom stereocenters. The summed E-state index contributed by atoms with van der Waals surface area (Å²) in [7, 11) is 0. The van der Waals surface area contributed by atoms with Gasteiger partial charge in [-0.3, -0.25) is 9.80 Å². The fourth-order valence-electron chi connectivity index (χ4n) is 3.78. The number of hydrogen-bond donors (Lipinski definition) is 0. The number of rotatable bonds is 2. The minimum atomic E-state index is 0.407. The molecule has 2 aliphatic rings. The second-order valence-electron chi connectivity index (χ2n) is 6.48. The van der Waals surface area contributed by atoms with Crippen LogP contribution in [0.4, 0.5) is 0 Å². The summed E-state index contributed by atoms with van der Waals surface area (Å²) in [6, 6.07) is 0.695. The molecule has 2 aliphatic heterocycles. The lowest BCUT2D eigenvalue weighted by Crippen LogP contribution is -2.62. The van der Waals surface area contributed by atoms with Gasteiger partial charge in [0.05, 0.1) is 0 Å². The molecule has 0 aromatic heterocycles. The van der Waals surface area contributed by atoms with E-state index in [1.165, 1.54) is 39.0 Å². The van der Waals surface area contributed by atoms with Gasteiger partial charge in [-0.15, -0.1) is 0 Å². The van der Waals surface area contributed by atoms with Crippen LogP contribution in [0.3, 0.4) is 0 Å². The smallest absolute Gasteiger partial charge is 0.0362 e. The van der Waals surface area contributed by atoms with Crippen molar-refractivity contribution in [3.63, 3.8) is 0 Å². The fourth-order valence-corrected chi connectivity index (χ4v) is 3.78. The zero-order valence-electron chi connectivity index (χ0n) is 11.7. The number of likely N-dealkylation sites (tertiary alicyclic amines) is 2. The van der Waals surface area contributed by atoms with E-state index in [4.69, 9.17) is 0 Å². The minimum absolute atomic E-state index is 0.407. The van der Waals surface area contributed by atoms with Gasteiger partial charge in [-0.1, -0.05) is 13.8 Å². The van der Waals surface area contributed by atoms with Gasteiger partial charge in [0, 0.05) is 18.1 Å². The highest BCUT2D eigenvalue weighted by molar-refractivity contribution is 5.10. The van der Waals surface area contributed by atoms with E-state index in [0.717, 1.165) is 0 Å². The maximum Gasteiger partial charge on any atom is 0.0362 e. The first-order chi connectivity index (χ1) is 7.43. The van der Waals surface area contributed by atoms with Crippen molar-refractivity contribution in [1.29, 1.82) is 0 Å². The Morgan fingerprint density at radius 3 is 2.31 bits per heavy atom. The molecule has 0 aromatic rings. The zero-order valence-corrected chi connectivity index (χ0v) is 11.7. The highest BCUT2D eigenvalue weighted by Crippen LogP contribution is 2.50. The van der Waals surface area contributed by atoms with Crippen molar-refractivity contribution in [2.75, 3.05) is 26.2 Å². The van der Waals surface area contributed by atoms with Crippen molar-refractivity contribution in [3.8, 4) is 0 Å². The van der Waals surface area contributed by atoms with Crippen LogP contribution < -0.4 is 0 Å². The Balaban J connectivity index is 2.22. The number of hydrogen-bond acceptors (Lipinski definition) is 2. The Labute approximate surface area is 101 Å². The third-order valence-corrected chi connectivity index (χ3v) is 5.51. The molecule has 2 saturated heterocycles. The third kappa shape index (κ3) is 1.62. The molecule has 2 heteroatoms. The lowest BCUT2D eigenvalue weighted by molar-refractivity contribution is -0.0303. The maximum atomic E-state index is 2.71. The Morgan fingerprint density at radius 2 is 1.75 bits per heavy atom. The highest BCUT2D eigenvalue weighted by Gasteiger charge is 2.55. The monoisotopic (exact) mass is 224 g/mol. The molecule has 0 radical (unpaired) electrons. The predicted octanol–water partition coefficient (Wildman–Crippen LogP) is 2.59. The van der Waals surface area contributed by atoms with Gasteiger partial charge in [-0.05, 0) is 58.7 Å². The van der Waals surface area contributed by atoms with Crippen LogP contribution >= 0.6 is 0 Å². The van der Waals surface area contributed by atoms with Gasteiger partial charge >= 0.3 is 0 Å². The minimum Gasteiger partial charge on any atom is -0.299 e. The molecule has 2 heterocycles. The van der Waals surface area contributed by atoms with Gasteiger partial charge in [0.1, 0.15) is 0 Å². The summed E-state index contributed by atoms with van der Waals surface area (Å²) in [5, 5.41) is 0. The molecule has 16 heavy (non-hydrogen) atoms. The topological polar surface area (TPSA) is 6.48 Å². The molecule has 0 aromatic carbocycles. The summed E-state index contributed by atoms with van der Waals surface area (Å²) in [4.78, 5) is 5.37. The second-order valence-corrected chi connectivity index (χ2v) is 6.48. The molecule has 0 bridgehead atoms. The first-order valence-corrected chi connectivity index (χ1v) is 6.92. The second kappa shape index (κ2) is 3.99. The molecule has 2 nitrogen and oxygen atoms in total. The summed E-state index contributed by atoms with van der Waals surface area (Å²) in [5.74, 6) is 0. The summed E-state index contributed by atoms with van der Waals surface area (Å²) in [6.45, 7) is 17.0. The Morgan fingerprint density at radius 1 is 1.12 bits per heavy atom. The first kappa shape index (κ1) is 12.4. The van der Waals surface area contributed by atoms with Crippen LogP contribution in [0, 0.1) is 5.41 Å². The van der Waals surface area contributed by atoms with E-state index < -0.39 is 0 Å². The molecule has 0 spiro atoms. The van der Waals surface area contributed by atoms with E-state index >= 15 is 0 Å². The average Bonchev–Trinajstić information content (AvgIpc) is 2.49. The molecular weight excluding hydrogens is 196 g/mol. The van der Waals surface area contributed by atoms with Crippen LogP contribution in [0.15, 0.2) is 0 Å². The van der Waals surface area contributed by atoms with Crippen molar-refractivity contribution < 1.29 is 0 Å². The molecular formula is C14H28N2. The predicted molar refractivity (Wildman–Crippen MR) is 69.7 cm³/mol. The molecule has 2 fully saturated rings. The van der Waals surface area contributed by atoms with Crippen LogP contribution in [-0.4, -0.2) is 47.6 Å². The van der Waals surface area contributed by atoms with Crippen molar-refractivity contribution in [2.24, 2.45) is 5.41 Å². The number of nitrogens with zero attached hydrogens (tertiary/aromatic N) is 2. The van der Waals surface area contributed by atoms with Gasteiger partial charge in [-0.2, -0.15) is 0 Å². The first-order valence-electron chi connectivity index (χ1n) is 6.92. The van der Waals surface area contributed by atoms with E-state index in [0.29, 0.717) is 17.0 Å². The summed E-state index contributed by atoms with van der Waals surface area (Å²) in [5.41, 5.74) is 0.957. The van der Waals surface area contributed by atoms with E-state index in [2.05, 4.69) is 44.4 Å². The number of piperidine rings is 1. The molecule has 94 valence electrons. The van der Waals surface area contributed by atoms with Gasteiger partial charge < -0.3 is 0 Å². The van der Waals surface area contributed by atoms with Gasteiger partial charge in [0.15, 0.2) is 0 Å². The van der Waals surface area contributed by atoms with Crippen LogP contribution in [0.5, 0.6) is 0 Å². The Kier molecular flexibility index (Phi) is 3.09. The lowest BCUT2D eigenvalue weighted by atomic mass is 9.67. The van der Waals surface area contributed by atoms with E-state index in [-0.39, 0.29) is 0 Å². The average molecular weight is 224 g/mol.